The Labute approximate surface area is 107 Å². The highest BCUT2D eigenvalue weighted by Crippen LogP contribution is 2.33. The maximum Gasteiger partial charge on any atom is 0.0652 e. The van der Waals surface area contributed by atoms with Gasteiger partial charge in [0.05, 0.1) is 6.04 Å². The number of aryl methyl sites for hydroxylation is 1. The number of fused-ring (bicyclic) bond motifs is 1. The van der Waals surface area contributed by atoms with Crippen LogP contribution in [-0.4, -0.2) is 16.7 Å². The fourth-order valence-corrected chi connectivity index (χ4v) is 2.91. The first-order chi connectivity index (χ1) is 8.61. The van der Waals surface area contributed by atoms with E-state index < -0.39 is 0 Å². The minimum atomic E-state index is 0.0921. The van der Waals surface area contributed by atoms with Crippen molar-refractivity contribution in [1.29, 1.82) is 0 Å². The van der Waals surface area contributed by atoms with Crippen molar-refractivity contribution in [1.82, 2.24) is 15.4 Å². The number of hydrogen-bond acceptors (Lipinski definition) is 3. The van der Waals surface area contributed by atoms with E-state index in [0.717, 1.165) is 0 Å². The summed E-state index contributed by atoms with van der Waals surface area (Å²) in [5.74, 6) is 0. The van der Waals surface area contributed by atoms with Gasteiger partial charge in [-0.15, -0.1) is 0 Å². The molecular weight excluding hydrogens is 224 g/mol. The molecule has 4 heteroatoms. The summed E-state index contributed by atoms with van der Waals surface area (Å²) < 4.78 is 2.24. The molecule has 1 fully saturated rings. The fraction of sp³-hybridized carbons (Fsp3) is 0.429. The van der Waals surface area contributed by atoms with Gasteiger partial charge in [-0.05, 0) is 19.9 Å². The number of nitrogens with one attached hydrogen (secondary N) is 2. The predicted molar refractivity (Wildman–Crippen MR) is 74.1 cm³/mol. The van der Waals surface area contributed by atoms with Gasteiger partial charge in [0.15, 0.2) is 0 Å². The Balaban J connectivity index is 2.20. The maximum absolute atomic E-state index is 6.29. The Morgan fingerprint density at radius 2 is 1.94 bits per heavy atom. The van der Waals surface area contributed by atoms with Gasteiger partial charge >= 0.3 is 0 Å². The van der Waals surface area contributed by atoms with Gasteiger partial charge in [0.25, 0.3) is 0 Å². The summed E-state index contributed by atoms with van der Waals surface area (Å²) in [7, 11) is 2.11. The number of rotatable bonds is 1. The van der Waals surface area contributed by atoms with Crippen LogP contribution in [-0.2, 0) is 7.05 Å². The highest BCUT2D eigenvalue weighted by Gasteiger charge is 2.34. The van der Waals surface area contributed by atoms with Crippen LogP contribution in [0, 0.1) is 6.92 Å². The summed E-state index contributed by atoms with van der Waals surface area (Å²) in [5.41, 5.74) is 16.7. The molecule has 3 unspecified atom stereocenters. The van der Waals surface area contributed by atoms with Gasteiger partial charge in [-0.3, -0.25) is 5.43 Å². The van der Waals surface area contributed by atoms with E-state index in [-0.39, 0.29) is 18.1 Å². The molecule has 1 aromatic heterocycles. The molecule has 2 aromatic rings. The molecular formula is C14H20N4. The number of nitrogens with zero attached hydrogens (tertiary/aromatic N) is 1. The van der Waals surface area contributed by atoms with Crippen molar-refractivity contribution in [2.24, 2.45) is 12.8 Å². The molecule has 0 aliphatic carbocycles. The number of nitrogens with two attached hydrogens (primary N) is 1. The average Bonchev–Trinajstić information content (AvgIpc) is 2.82. The van der Waals surface area contributed by atoms with Gasteiger partial charge < -0.3 is 10.3 Å². The van der Waals surface area contributed by atoms with Crippen molar-refractivity contribution >= 4 is 10.9 Å². The van der Waals surface area contributed by atoms with Crippen LogP contribution in [0.2, 0.25) is 0 Å². The first-order valence-corrected chi connectivity index (χ1v) is 6.42. The second-order valence-electron chi connectivity index (χ2n) is 5.21. The van der Waals surface area contributed by atoms with Crippen LogP contribution in [0.1, 0.15) is 24.2 Å². The van der Waals surface area contributed by atoms with Crippen LogP contribution in [0.3, 0.4) is 0 Å². The maximum atomic E-state index is 6.29. The summed E-state index contributed by atoms with van der Waals surface area (Å²) in [6.07, 6.45) is 0. The second kappa shape index (κ2) is 4.09. The van der Waals surface area contributed by atoms with Crippen LogP contribution in [0.15, 0.2) is 24.3 Å². The Kier molecular flexibility index (Phi) is 2.66. The first kappa shape index (κ1) is 11.7. The molecule has 0 saturated carbocycles. The van der Waals surface area contributed by atoms with Crippen LogP contribution in [0.25, 0.3) is 10.9 Å². The van der Waals surface area contributed by atoms with Gasteiger partial charge in [-0.25, -0.2) is 5.43 Å². The largest absolute Gasteiger partial charge is 0.348 e. The Bertz CT molecular complexity index is 587. The lowest BCUT2D eigenvalue weighted by Gasteiger charge is -2.17. The number of aromatic nitrogens is 1. The third kappa shape index (κ3) is 1.50. The standard InChI is InChI=1S/C14H20N4/c1-8-13(15)14(17-16-8)12-9(2)18(3)11-7-5-4-6-10(11)12/h4-8,13-14,16-17H,15H2,1-3H3. The Morgan fingerprint density at radius 1 is 1.22 bits per heavy atom. The van der Waals surface area contributed by atoms with E-state index in [9.17, 15) is 0 Å². The number of hydrogen-bond donors (Lipinski definition) is 3. The van der Waals surface area contributed by atoms with Crippen molar-refractivity contribution in [3.8, 4) is 0 Å². The highest BCUT2D eigenvalue weighted by molar-refractivity contribution is 5.86. The number of hydrazine groups is 1. The third-order valence-electron chi connectivity index (χ3n) is 4.19. The molecule has 0 bridgehead atoms. The van der Waals surface area contributed by atoms with Gasteiger partial charge in [-0.1, -0.05) is 18.2 Å². The van der Waals surface area contributed by atoms with E-state index in [0.29, 0.717) is 0 Å². The molecule has 3 rings (SSSR count). The molecule has 3 atom stereocenters. The molecule has 4 N–H and O–H groups in total. The van der Waals surface area contributed by atoms with Crippen LogP contribution < -0.4 is 16.6 Å². The zero-order valence-corrected chi connectivity index (χ0v) is 11.1. The number of para-hydroxylation sites is 1. The second-order valence-corrected chi connectivity index (χ2v) is 5.21. The summed E-state index contributed by atoms with van der Waals surface area (Å²) in [6.45, 7) is 4.27. The van der Waals surface area contributed by atoms with Crippen LogP contribution >= 0.6 is 0 Å². The smallest absolute Gasteiger partial charge is 0.0652 e. The lowest BCUT2D eigenvalue weighted by Crippen LogP contribution is -2.35. The summed E-state index contributed by atoms with van der Waals surface area (Å²) in [6, 6.07) is 9.05. The first-order valence-electron chi connectivity index (χ1n) is 6.42. The Morgan fingerprint density at radius 3 is 2.61 bits per heavy atom. The van der Waals surface area contributed by atoms with Crippen molar-refractivity contribution < 1.29 is 0 Å². The zero-order valence-electron chi connectivity index (χ0n) is 11.1. The molecule has 0 amide bonds. The molecule has 18 heavy (non-hydrogen) atoms. The molecule has 0 spiro atoms. The van der Waals surface area contributed by atoms with Crippen LogP contribution in [0.4, 0.5) is 0 Å². The molecule has 0 radical (unpaired) electrons. The molecule has 96 valence electrons. The summed E-state index contributed by atoms with van der Waals surface area (Å²) in [4.78, 5) is 0. The minimum Gasteiger partial charge on any atom is -0.348 e. The topological polar surface area (TPSA) is 55.0 Å². The van der Waals surface area contributed by atoms with Crippen molar-refractivity contribution in [2.75, 3.05) is 0 Å². The van der Waals surface area contributed by atoms with E-state index in [1.807, 2.05) is 0 Å². The average molecular weight is 244 g/mol. The third-order valence-corrected chi connectivity index (χ3v) is 4.19. The molecule has 1 aromatic carbocycles. The van der Waals surface area contributed by atoms with Gasteiger partial charge in [0, 0.05) is 41.3 Å². The molecule has 1 saturated heterocycles. The SMILES string of the molecule is Cc1c(C2NNC(C)C2N)c2ccccc2n1C. The normalized spacial score (nSPS) is 28.1. The molecule has 4 nitrogen and oxygen atoms in total. The molecule has 1 aliphatic heterocycles. The van der Waals surface area contributed by atoms with E-state index in [2.05, 4.69) is 60.6 Å². The minimum absolute atomic E-state index is 0.0921. The quantitative estimate of drug-likeness (QED) is 0.710. The zero-order chi connectivity index (χ0) is 12.9. The monoisotopic (exact) mass is 244 g/mol. The summed E-state index contributed by atoms with van der Waals surface area (Å²) in [5, 5.41) is 1.29. The van der Waals surface area contributed by atoms with Crippen molar-refractivity contribution in [3.63, 3.8) is 0 Å². The Hall–Kier alpha value is -1.36. The highest BCUT2D eigenvalue weighted by atomic mass is 15.4. The van der Waals surface area contributed by atoms with E-state index in [1.165, 1.54) is 22.2 Å². The summed E-state index contributed by atoms with van der Waals surface area (Å²) >= 11 is 0. The predicted octanol–water partition coefficient (Wildman–Crippen LogP) is 1.35. The van der Waals surface area contributed by atoms with E-state index in [1.54, 1.807) is 0 Å². The van der Waals surface area contributed by atoms with Gasteiger partial charge in [0.2, 0.25) is 0 Å². The van der Waals surface area contributed by atoms with Crippen molar-refractivity contribution in [3.05, 3.63) is 35.5 Å². The van der Waals surface area contributed by atoms with E-state index >= 15 is 0 Å². The lowest BCUT2D eigenvalue weighted by atomic mass is 9.95. The number of benzene rings is 1. The van der Waals surface area contributed by atoms with Gasteiger partial charge in [0.1, 0.15) is 0 Å². The van der Waals surface area contributed by atoms with E-state index in [4.69, 9.17) is 5.73 Å². The molecule has 1 aliphatic rings. The molecule has 2 heterocycles. The van der Waals surface area contributed by atoms with Gasteiger partial charge in [-0.2, -0.15) is 0 Å². The lowest BCUT2D eigenvalue weighted by molar-refractivity contribution is 0.549. The van der Waals surface area contributed by atoms with Crippen molar-refractivity contribution in [2.45, 2.75) is 32.0 Å². The fourth-order valence-electron chi connectivity index (χ4n) is 2.91. The van der Waals surface area contributed by atoms with Crippen LogP contribution in [0.5, 0.6) is 0 Å².